The van der Waals surface area contributed by atoms with Crippen molar-refractivity contribution in [1.82, 2.24) is 5.32 Å². The average molecular weight is 230 g/mol. The van der Waals surface area contributed by atoms with Gasteiger partial charge in [0.15, 0.2) is 0 Å². The van der Waals surface area contributed by atoms with E-state index in [2.05, 4.69) is 5.32 Å². The molecule has 1 amide bonds. The minimum absolute atomic E-state index is 0.127. The van der Waals surface area contributed by atoms with Gasteiger partial charge < -0.3 is 16.2 Å². The van der Waals surface area contributed by atoms with Crippen LogP contribution in [-0.4, -0.2) is 30.1 Å². The van der Waals surface area contributed by atoms with Crippen LogP contribution < -0.4 is 11.1 Å². The van der Waals surface area contributed by atoms with E-state index in [1.807, 2.05) is 13.8 Å². The first-order valence-corrected chi connectivity index (χ1v) is 5.72. The van der Waals surface area contributed by atoms with Gasteiger partial charge in [-0.25, -0.2) is 0 Å². The van der Waals surface area contributed by atoms with Crippen LogP contribution in [0.1, 0.15) is 39.5 Å². The van der Waals surface area contributed by atoms with Gasteiger partial charge in [-0.2, -0.15) is 0 Å². The summed E-state index contributed by atoms with van der Waals surface area (Å²) >= 11 is 0. The van der Waals surface area contributed by atoms with Gasteiger partial charge in [-0.15, -0.1) is 0 Å². The monoisotopic (exact) mass is 230 g/mol. The molecule has 0 radical (unpaired) electrons. The lowest BCUT2D eigenvalue weighted by Gasteiger charge is -2.26. The highest BCUT2D eigenvalue weighted by Gasteiger charge is 2.34. The van der Waals surface area contributed by atoms with Crippen LogP contribution in [0.25, 0.3) is 0 Å². The second kappa shape index (κ2) is 7.22. The maximum absolute atomic E-state index is 11.3. The Balaban J connectivity index is 4.22. The zero-order valence-electron chi connectivity index (χ0n) is 10.1. The number of carbonyl (C=O) groups excluding carboxylic acids is 1. The standard InChI is InChI=1S/C11H22N2O3/c1-3-11(4-2,10(15)16)8-13-9(14)6-5-7-12/h3-8,12H2,1-2H3,(H,13,14)(H,15,16). The van der Waals surface area contributed by atoms with Crippen molar-refractivity contribution in [3.63, 3.8) is 0 Å². The molecule has 0 bridgehead atoms. The SMILES string of the molecule is CCC(CC)(CNC(=O)CCCN)C(=O)O. The Labute approximate surface area is 96.4 Å². The van der Waals surface area contributed by atoms with E-state index in [1.165, 1.54) is 0 Å². The normalized spacial score (nSPS) is 11.2. The number of hydrogen-bond donors (Lipinski definition) is 3. The zero-order valence-corrected chi connectivity index (χ0v) is 10.1. The molecule has 94 valence electrons. The van der Waals surface area contributed by atoms with E-state index >= 15 is 0 Å². The van der Waals surface area contributed by atoms with Gasteiger partial charge in [0.1, 0.15) is 0 Å². The maximum atomic E-state index is 11.3. The Bertz CT molecular complexity index is 237. The fraction of sp³-hybridized carbons (Fsp3) is 0.818. The van der Waals surface area contributed by atoms with Crippen LogP contribution in [0.5, 0.6) is 0 Å². The highest BCUT2D eigenvalue weighted by Crippen LogP contribution is 2.25. The van der Waals surface area contributed by atoms with E-state index in [0.29, 0.717) is 32.2 Å². The predicted molar refractivity (Wildman–Crippen MR) is 61.9 cm³/mol. The molecule has 0 saturated heterocycles. The Morgan fingerprint density at radius 1 is 1.31 bits per heavy atom. The van der Waals surface area contributed by atoms with E-state index in [0.717, 1.165) is 0 Å². The van der Waals surface area contributed by atoms with Crippen LogP contribution in [0.3, 0.4) is 0 Å². The average Bonchev–Trinajstić information content (AvgIpc) is 2.28. The quantitative estimate of drug-likeness (QED) is 0.573. The molecule has 5 heteroatoms. The van der Waals surface area contributed by atoms with Gasteiger partial charge in [-0.1, -0.05) is 13.8 Å². The number of carboxylic acids is 1. The van der Waals surface area contributed by atoms with Gasteiger partial charge >= 0.3 is 5.97 Å². The number of carbonyl (C=O) groups is 2. The van der Waals surface area contributed by atoms with Gasteiger partial charge in [-0.3, -0.25) is 9.59 Å². The molecule has 16 heavy (non-hydrogen) atoms. The van der Waals surface area contributed by atoms with Crippen LogP contribution in [0.15, 0.2) is 0 Å². The summed E-state index contributed by atoms with van der Waals surface area (Å²) in [6.45, 7) is 4.31. The second-order valence-corrected chi connectivity index (χ2v) is 3.96. The third-order valence-corrected chi connectivity index (χ3v) is 3.04. The number of nitrogens with two attached hydrogens (primary N) is 1. The molecule has 0 rings (SSSR count). The predicted octanol–water partition coefficient (Wildman–Crippen LogP) is 0.733. The first-order chi connectivity index (χ1) is 7.52. The molecule has 4 N–H and O–H groups in total. The molecule has 0 aromatic heterocycles. The number of nitrogens with one attached hydrogen (secondary N) is 1. The molecule has 0 aliphatic carbocycles. The van der Waals surface area contributed by atoms with Gasteiger partial charge in [-0.05, 0) is 25.8 Å². The smallest absolute Gasteiger partial charge is 0.311 e. The van der Waals surface area contributed by atoms with E-state index < -0.39 is 11.4 Å². The molecule has 0 aliphatic heterocycles. The Kier molecular flexibility index (Phi) is 6.72. The summed E-state index contributed by atoms with van der Waals surface area (Å²) in [4.78, 5) is 22.5. The van der Waals surface area contributed by atoms with Gasteiger partial charge in [0.05, 0.1) is 5.41 Å². The molecule has 0 heterocycles. The first kappa shape index (κ1) is 14.9. The van der Waals surface area contributed by atoms with E-state index in [1.54, 1.807) is 0 Å². The minimum atomic E-state index is -0.850. The number of carboxylic acid groups (broad SMARTS) is 1. The molecule has 0 saturated carbocycles. The molecular formula is C11H22N2O3. The van der Waals surface area contributed by atoms with Crippen molar-refractivity contribution in [2.45, 2.75) is 39.5 Å². The van der Waals surface area contributed by atoms with Crippen molar-refractivity contribution in [3.8, 4) is 0 Å². The molecule has 0 aromatic carbocycles. The van der Waals surface area contributed by atoms with Crippen molar-refractivity contribution in [2.75, 3.05) is 13.1 Å². The van der Waals surface area contributed by atoms with Crippen LogP contribution in [-0.2, 0) is 9.59 Å². The lowest BCUT2D eigenvalue weighted by molar-refractivity contribution is -0.149. The lowest BCUT2D eigenvalue weighted by Crippen LogP contribution is -2.42. The van der Waals surface area contributed by atoms with Crippen LogP contribution in [0.2, 0.25) is 0 Å². The van der Waals surface area contributed by atoms with Gasteiger partial charge in [0.2, 0.25) is 5.91 Å². The summed E-state index contributed by atoms with van der Waals surface area (Å²) in [6.07, 6.45) is 2.01. The third kappa shape index (κ3) is 4.18. The van der Waals surface area contributed by atoms with Crippen LogP contribution in [0.4, 0.5) is 0 Å². The van der Waals surface area contributed by atoms with E-state index in [9.17, 15) is 9.59 Å². The molecule has 0 atom stereocenters. The Morgan fingerprint density at radius 2 is 1.88 bits per heavy atom. The van der Waals surface area contributed by atoms with Gasteiger partial charge in [0, 0.05) is 13.0 Å². The van der Waals surface area contributed by atoms with Crippen molar-refractivity contribution in [2.24, 2.45) is 11.1 Å². The van der Waals surface area contributed by atoms with Crippen molar-refractivity contribution in [3.05, 3.63) is 0 Å². The summed E-state index contributed by atoms with van der Waals surface area (Å²) < 4.78 is 0. The maximum Gasteiger partial charge on any atom is 0.311 e. The van der Waals surface area contributed by atoms with Gasteiger partial charge in [0.25, 0.3) is 0 Å². The molecule has 5 nitrogen and oxygen atoms in total. The molecule has 0 spiro atoms. The number of hydrogen-bond acceptors (Lipinski definition) is 3. The van der Waals surface area contributed by atoms with Crippen LogP contribution >= 0.6 is 0 Å². The minimum Gasteiger partial charge on any atom is -0.481 e. The Hall–Kier alpha value is -1.10. The highest BCUT2D eigenvalue weighted by molar-refractivity contribution is 5.79. The largest absolute Gasteiger partial charge is 0.481 e. The zero-order chi connectivity index (χ0) is 12.6. The molecule has 0 aromatic rings. The van der Waals surface area contributed by atoms with Crippen molar-refractivity contribution in [1.29, 1.82) is 0 Å². The third-order valence-electron chi connectivity index (χ3n) is 3.04. The lowest BCUT2D eigenvalue weighted by atomic mass is 9.82. The number of amides is 1. The van der Waals surface area contributed by atoms with Crippen LogP contribution in [0, 0.1) is 5.41 Å². The molecule has 0 unspecified atom stereocenters. The number of rotatable bonds is 8. The second-order valence-electron chi connectivity index (χ2n) is 3.96. The fourth-order valence-electron chi connectivity index (χ4n) is 1.50. The highest BCUT2D eigenvalue weighted by atomic mass is 16.4. The first-order valence-electron chi connectivity index (χ1n) is 5.72. The number of aliphatic carboxylic acids is 1. The summed E-state index contributed by atoms with van der Waals surface area (Å²) in [5, 5.41) is 11.8. The summed E-state index contributed by atoms with van der Waals surface area (Å²) in [5.41, 5.74) is 4.45. The molecule has 0 aliphatic rings. The Morgan fingerprint density at radius 3 is 2.25 bits per heavy atom. The topological polar surface area (TPSA) is 92.4 Å². The summed E-state index contributed by atoms with van der Waals surface area (Å²) in [7, 11) is 0. The fourth-order valence-corrected chi connectivity index (χ4v) is 1.50. The van der Waals surface area contributed by atoms with Crippen molar-refractivity contribution < 1.29 is 14.7 Å². The summed E-state index contributed by atoms with van der Waals surface area (Å²) in [6, 6.07) is 0. The van der Waals surface area contributed by atoms with Crippen molar-refractivity contribution >= 4 is 11.9 Å². The van der Waals surface area contributed by atoms with E-state index in [-0.39, 0.29) is 12.5 Å². The summed E-state index contributed by atoms with van der Waals surface area (Å²) in [5.74, 6) is -0.977. The molecular weight excluding hydrogens is 208 g/mol. The molecule has 0 fully saturated rings. The van der Waals surface area contributed by atoms with E-state index in [4.69, 9.17) is 10.8 Å².